The van der Waals surface area contributed by atoms with Gasteiger partial charge in [-0.25, -0.2) is 0 Å². The van der Waals surface area contributed by atoms with Crippen molar-refractivity contribution in [1.82, 2.24) is 15.0 Å². The average molecular weight is 257 g/mol. The standard InChI is InChI=1S/C11H17ClN4O/c1-2-8-17-11-14-9(12)13-10(15-11)16-6-4-3-5-7-16/h2-8H2,1H3. The maximum atomic E-state index is 5.88. The van der Waals surface area contributed by atoms with Crippen LogP contribution in [0.1, 0.15) is 32.6 Å². The van der Waals surface area contributed by atoms with Gasteiger partial charge in [0.05, 0.1) is 6.61 Å². The second-order valence-electron chi connectivity index (χ2n) is 4.08. The van der Waals surface area contributed by atoms with Crippen LogP contribution in [0.4, 0.5) is 5.95 Å². The number of anilines is 1. The van der Waals surface area contributed by atoms with E-state index in [1.54, 1.807) is 0 Å². The van der Waals surface area contributed by atoms with Gasteiger partial charge >= 0.3 is 6.01 Å². The van der Waals surface area contributed by atoms with Crippen LogP contribution in [0.25, 0.3) is 0 Å². The van der Waals surface area contributed by atoms with Gasteiger partial charge in [-0.2, -0.15) is 15.0 Å². The van der Waals surface area contributed by atoms with Crippen molar-refractivity contribution >= 4 is 17.5 Å². The Balaban J connectivity index is 2.12. The van der Waals surface area contributed by atoms with Gasteiger partial charge in [0.2, 0.25) is 11.2 Å². The molecule has 6 heteroatoms. The number of aromatic nitrogens is 3. The lowest BCUT2D eigenvalue weighted by Crippen LogP contribution is -2.31. The predicted molar refractivity (Wildman–Crippen MR) is 66.7 cm³/mol. The third-order valence-electron chi connectivity index (χ3n) is 2.65. The van der Waals surface area contributed by atoms with E-state index in [1.807, 2.05) is 6.92 Å². The predicted octanol–water partition coefficient (Wildman–Crippen LogP) is 2.30. The van der Waals surface area contributed by atoms with E-state index in [0.29, 0.717) is 18.6 Å². The quantitative estimate of drug-likeness (QED) is 0.827. The maximum absolute atomic E-state index is 5.88. The summed E-state index contributed by atoms with van der Waals surface area (Å²) in [6, 6.07) is 0.326. The van der Waals surface area contributed by atoms with Gasteiger partial charge in [-0.1, -0.05) is 6.92 Å². The van der Waals surface area contributed by atoms with E-state index in [-0.39, 0.29) is 5.28 Å². The Morgan fingerprint density at radius 2 is 1.94 bits per heavy atom. The summed E-state index contributed by atoms with van der Waals surface area (Å²) in [5, 5.41) is 0.201. The Bertz CT molecular complexity index is 368. The van der Waals surface area contributed by atoms with Crippen LogP contribution in [0.2, 0.25) is 5.28 Å². The Kier molecular flexibility index (Phi) is 4.36. The minimum Gasteiger partial charge on any atom is -0.463 e. The third-order valence-corrected chi connectivity index (χ3v) is 2.82. The van der Waals surface area contributed by atoms with E-state index in [0.717, 1.165) is 19.5 Å². The molecule has 0 amide bonds. The van der Waals surface area contributed by atoms with Crippen molar-refractivity contribution in [3.8, 4) is 6.01 Å². The summed E-state index contributed by atoms with van der Waals surface area (Å²) in [6.45, 7) is 4.59. The minimum absolute atomic E-state index is 0.201. The first-order valence-electron chi connectivity index (χ1n) is 6.09. The first-order valence-corrected chi connectivity index (χ1v) is 6.46. The Labute approximate surface area is 106 Å². The van der Waals surface area contributed by atoms with E-state index < -0.39 is 0 Å². The third kappa shape index (κ3) is 3.43. The van der Waals surface area contributed by atoms with Crippen molar-refractivity contribution < 1.29 is 4.74 Å². The average Bonchev–Trinajstić information content (AvgIpc) is 2.37. The van der Waals surface area contributed by atoms with Crippen LogP contribution in [0.15, 0.2) is 0 Å². The van der Waals surface area contributed by atoms with Gasteiger partial charge in [0.1, 0.15) is 0 Å². The molecule has 2 heterocycles. The molecule has 0 atom stereocenters. The lowest BCUT2D eigenvalue weighted by Gasteiger charge is -2.26. The molecule has 2 rings (SSSR count). The molecule has 94 valence electrons. The largest absolute Gasteiger partial charge is 0.463 e. The Hall–Kier alpha value is -1.10. The highest BCUT2D eigenvalue weighted by molar-refractivity contribution is 6.28. The van der Waals surface area contributed by atoms with Crippen molar-refractivity contribution in [3.05, 3.63) is 5.28 Å². The van der Waals surface area contributed by atoms with Crippen LogP contribution in [0.5, 0.6) is 6.01 Å². The SMILES string of the molecule is CCCOc1nc(Cl)nc(N2CCCCC2)n1. The zero-order valence-electron chi connectivity index (χ0n) is 10.0. The summed E-state index contributed by atoms with van der Waals surface area (Å²) in [6.07, 6.45) is 4.54. The van der Waals surface area contributed by atoms with Crippen molar-refractivity contribution in [2.75, 3.05) is 24.6 Å². The van der Waals surface area contributed by atoms with Gasteiger partial charge in [0.25, 0.3) is 0 Å². The van der Waals surface area contributed by atoms with E-state index in [4.69, 9.17) is 16.3 Å². The maximum Gasteiger partial charge on any atom is 0.322 e. The smallest absolute Gasteiger partial charge is 0.322 e. The zero-order valence-corrected chi connectivity index (χ0v) is 10.8. The molecule has 0 saturated carbocycles. The number of rotatable bonds is 4. The Morgan fingerprint density at radius 3 is 2.65 bits per heavy atom. The van der Waals surface area contributed by atoms with Gasteiger partial charge in [0, 0.05) is 13.1 Å². The molecule has 1 aromatic rings. The first kappa shape index (κ1) is 12.4. The van der Waals surface area contributed by atoms with E-state index >= 15 is 0 Å². The minimum atomic E-state index is 0.201. The second kappa shape index (κ2) is 6.00. The Morgan fingerprint density at radius 1 is 1.18 bits per heavy atom. The summed E-state index contributed by atoms with van der Waals surface area (Å²) in [4.78, 5) is 14.5. The van der Waals surface area contributed by atoms with Crippen molar-refractivity contribution in [3.63, 3.8) is 0 Å². The lowest BCUT2D eigenvalue weighted by molar-refractivity contribution is 0.291. The van der Waals surface area contributed by atoms with Crippen molar-refractivity contribution in [2.24, 2.45) is 0 Å². The first-order chi connectivity index (χ1) is 8.29. The lowest BCUT2D eigenvalue weighted by atomic mass is 10.1. The highest BCUT2D eigenvalue weighted by Crippen LogP contribution is 2.19. The number of hydrogen-bond donors (Lipinski definition) is 0. The highest BCUT2D eigenvalue weighted by atomic mass is 35.5. The fraction of sp³-hybridized carbons (Fsp3) is 0.727. The van der Waals surface area contributed by atoms with Gasteiger partial charge < -0.3 is 9.64 Å². The number of nitrogens with zero attached hydrogens (tertiary/aromatic N) is 4. The van der Waals surface area contributed by atoms with Gasteiger partial charge in [-0.05, 0) is 37.3 Å². The molecule has 0 spiro atoms. The number of halogens is 1. The molecule has 1 aromatic heterocycles. The second-order valence-corrected chi connectivity index (χ2v) is 4.42. The molecular formula is C11H17ClN4O. The summed E-state index contributed by atoms with van der Waals surface area (Å²) in [5.41, 5.74) is 0. The van der Waals surface area contributed by atoms with Crippen molar-refractivity contribution in [1.29, 1.82) is 0 Å². The monoisotopic (exact) mass is 256 g/mol. The van der Waals surface area contributed by atoms with Crippen LogP contribution >= 0.6 is 11.6 Å². The van der Waals surface area contributed by atoms with Gasteiger partial charge in [-0.3, -0.25) is 0 Å². The summed E-state index contributed by atoms with van der Waals surface area (Å²) < 4.78 is 5.39. The molecule has 0 aromatic carbocycles. The summed E-state index contributed by atoms with van der Waals surface area (Å²) in [7, 11) is 0. The van der Waals surface area contributed by atoms with Crippen LogP contribution in [-0.4, -0.2) is 34.6 Å². The van der Waals surface area contributed by atoms with Crippen molar-refractivity contribution in [2.45, 2.75) is 32.6 Å². The number of piperidine rings is 1. The van der Waals surface area contributed by atoms with E-state index in [9.17, 15) is 0 Å². The molecular weight excluding hydrogens is 240 g/mol. The fourth-order valence-electron chi connectivity index (χ4n) is 1.82. The summed E-state index contributed by atoms with van der Waals surface area (Å²) in [5.74, 6) is 0.635. The molecule has 1 aliphatic heterocycles. The fourth-order valence-corrected chi connectivity index (χ4v) is 1.96. The highest BCUT2D eigenvalue weighted by Gasteiger charge is 2.16. The number of hydrogen-bond acceptors (Lipinski definition) is 5. The van der Waals surface area contributed by atoms with Gasteiger partial charge in [0.15, 0.2) is 0 Å². The van der Waals surface area contributed by atoms with Crippen LogP contribution in [-0.2, 0) is 0 Å². The molecule has 0 N–H and O–H groups in total. The van der Waals surface area contributed by atoms with Crippen LogP contribution < -0.4 is 9.64 Å². The zero-order chi connectivity index (χ0) is 12.1. The molecule has 1 fully saturated rings. The molecule has 0 aliphatic carbocycles. The topological polar surface area (TPSA) is 51.1 Å². The molecule has 1 aliphatic rings. The van der Waals surface area contributed by atoms with Gasteiger partial charge in [-0.15, -0.1) is 0 Å². The summed E-state index contributed by atoms with van der Waals surface area (Å²) >= 11 is 5.88. The normalized spacial score (nSPS) is 16.0. The van der Waals surface area contributed by atoms with Crippen LogP contribution in [0, 0.1) is 0 Å². The van der Waals surface area contributed by atoms with E-state index in [2.05, 4.69) is 19.9 Å². The molecule has 1 saturated heterocycles. The van der Waals surface area contributed by atoms with E-state index in [1.165, 1.54) is 19.3 Å². The van der Waals surface area contributed by atoms with Crippen LogP contribution in [0.3, 0.4) is 0 Å². The molecule has 5 nitrogen and oxygen atoms in total. The molecule has 17 heavy (non-hydrogen) atoms. The molecule has 0 radical (unpaired) electrons. The number of ether oxygens (including phenoxy) is 1. The molecule has 0 unspecified atom stereocenters. The molecule has 0 bridgehead atoms.